The number of rotatable bonds is 3. The van der Waals surface area contributed by atoms with Gasteiger partial charge in [0.15, 0.2) is 5.82 Å². The molecule has 1 rings (SSSR count). The van der Waals surface area contributed by atoms with E-state index in [0.29, 0.717) is 6.54 Å². The summed E-state index contributed by atoms with van der Waals surface area (Å²) in [5.41, 5.74) is 5.45. The maximum atomic E-state index is 13.2. The molecule has 1 unspecified atom stereocenters. The van der Waals surface area contributed by atoms with Crippen LogP contribution in [0.25, 0.3) is 0 Å². The van der Waals surface area contributed by atoms with Crippen LogP contribution in [0.4, 0.5) is 4.39 Å². The molecule has 17 heavy (non-hydrogen) atoms. The van der Waals surface area contributed by atoms with Crippen molar-refractivity contribution in [2.45, 2.75) is 13.0 Å². The summed E-state index contributed by atoms with van der Waals surface area (Å²) < 4.78 is 13.2. The van der Waals surface area contributed by atoms with Crippen LogP contribution >= 0.6 is 24.8 Å². The minimum Gasteiger partial charge on any atom is -0.338 e. The van der Waals surface area contributed by atoms with Gasteiger partial charge in [0.2, 0.25) is 0 Å². The number of hydrogen-bond acceptors (Lipinski definition) is 3. The number of pyridine rings is 1. The smallest absolute Gasteiger partial charge is 0.256 e. The highest BCUT2D eigenvalue weighted by atomic mass is 35.5. The van der Waals surface area contributed by atoms with Gasteiger partial charge in [-0.05, 0) is 13.0 Å². The molecule has 2 N–H and O–H groups in total. The average molecular weight is 284 g/mol. The summed E-state index contributed by atoms with van der Waals surface area (Å²) in [5, 5.41) is 0. The zero-order valence-corrected chi connectivity index (χ0v) is 11.2. The van der Waals surface area contributed by atoms with Crippen LogP contribution in [0.15, 0.2) is 18.5 Å². The molecule has 1 amide bonds. The second-order valence-corrected chi connectivity index (χ2v) is 3.36. The van der Waals surface area contributed by atoms with Crippen molar-refractivity contribution in [3.63, 3.8) is 0 Å². The molecule has 0 saturated heterocycles. The van der Waals surface area contributed by atoms with Gasteiger partial charge < -0.3 is 10.6 Å². The Balaban J connectivity index is 0. The Morgan fingerprint density at radius 3 is 2.65 bits per heavy atom. The van der Waals surface area contributed by atoms with Crippen LogP contribution < -0.4 is 5.73 Å². The van der Waals surface area contributed by atoms with Gasteiger partial charge in [-0.2, -0.15) is 0 Å². The lowest BCUT2D eigenvalue weighted by Crippen LogP contribution is -2.40. The maximum absolute atomic E-state index is 13.2. The zero-order valence-electron chi connectivity index (χ0n) is 9.59. The molecule has 1 atom stereocenters. The molecule has 0 spiro atoms. The Hall–Kier alpha value is -0.910. The highest BCUT2D eigenvalue weighted by molar-refractivity contribution is 5.94. The number of carbonyl (C=O) groups is 1. The molecule has 4 nitrogen and oxygen atoms in total. The Labute approximate surface area is 112 Å². The largest absolute Gasteiger partial charge is 0.338 e. The highest BCUT2D eigenvalue weighted by Gasteiger charge is 2.19. The first-order valence-corrected chi connectivity index (χ1v) is 4.64. The Morgan fingerprint density at radius 1 is 1.59 bits per heavy atom. The van der Waals surface area contributed by atoms with Gasteiger partial charge in [-0.3, -0.25) is 9.78 Å². The number of nitrogens with zero attached hydrogens (tertiary/aromatic N) is 2. The number of likely N-dealkylation sites (N-methyl/N-ethyl adjacent to an activating group) is 1. The highest BCUT2D eigenvalue weighted by Crippen LogP contribution is 2.09. The number of carbonyl (C=O) groups excluding carboxylic acids is 1. The van der Waals surface area contributed by atoms with Gasteiger partial charge in [0, 0.05) is 25.8 Å². The van der Waals surface area contributed by atoms with Gasteiger partial charge in [0.05, 0.1) is 11.8 Å². The molecule has 0 aliphatic carbocycles. The molecule has 7 heteroatoms. The van der Waals surface area contributed by atoms with E-state index in [1.165, 1.54) is 17.2 Å². The van der Waals surface area contributed by atoms with Crippen LogP contribution in [-0.4, -0.2) is 35.4 Å². The number of nitrogens with two attached hydrogens (primary N) is 1. The first kappa shape index (κ1) is 18.5. The predicted molar refractivity (Wildman–Crippen MR) is 69.3 cm³/mol. The molecule has 0 aromatic carbocycles. The fraction of sp³-hybridized carbons (Fsp3) is 0.400. The fourth-order valence-corrected chi connectivity index (χ4v) is 1.10. The van der Waals surface area contributed by atoms with Gasteiger partial charge in [-0.25, -0.2) is 4.39 Å². The molecule has 0 bridgehead atoms. The van der Waals surface area contributed by atoms with Crippen molar-refractivity contribution in [2.24, 2.45) is 5.73 Å². The standard InChI is InChI=1S/C10H14FN3O.2ClH/c1-7(5-12)14(2)10(15)8-3-4-13-6-9(8)11;;/h3-4,6-7H,5,12H2,1-2H3;2*1H. The van der Waals surface area contributed by atoms with E-state index in [9.17, 15) is 9.18 Å². The summed E-state index contributed by atoms with van der Waals surface area (Å²) in [5.74, 6) is -0.994. The van der Waals surface area contributed by atoms with E-state index in [1.54, 1.807) is 14.0 Å². The molecule has 0 radical (unpaired) electrons. The number of hydrogen-bond donors (Lipinski definition) is 1. The maximum Gasteiger partial charge on any atom is 0.256 e. The summed E-state index contributed by atoms with van der Waals surface area (Å²) in [7, 11) is 1.60. The summed E-state index contributed by atoms with van der Waals surface area (Å²) in [6, 6.07) is 1.24. The summed E-state index contributed by atoms with van der Waals surface area (Å²) in [6.45, 7) is 2.14. The van der Waals surface area contributed by atoms with E-state index in [1.807, 2.05) is 0 Å². The molecule has 98 valence electrons. The van der Waals surface area contributed by atoms with Gasteiger partial charge in [0.25, 0.3) is 5.91 Å². The summed E-state index contributed by atoms with van der Waals surface area (Å²) >= 11 is 0. The van der Waals surface area contributed by atoms with Crippen LogP contribution in [-0.2, 0) is 0 Å². The van der Waals surface area contributed by atoms with Crippen LogP contribution in [0.5, 0.6) is 0 Å². The lowest BCUT2D eigenvalue weighted by Gasteiger charge is -2.23. The van der Waals surface area contributed by atoms with Crippen molar-refractivity contribution >= 4 is 30.7 Å². The van der Waals surface area contributed by atoms with E-state index in [4.69, 9.17) is 5.73 Å². The summed E-state index contributed by atoms with van der Waals surface area (Å²) in [6.07, 6.45) is 2.41. The molecule has 1 aromatic heterocycles. The van der Waals surface area contributed by atoms with E-state index >= 15 is 0 Å². The van der Waals surface area contributed by atoms with Crippen molar-refractivity contribution in [2.75, 3.05) is 13.6 Å². The van der Waals surface area contributed by atoms with Crippen LogP contribution in [0, 0.1) is 5.82 Å². The van der Waals surface area contributed by atoms with Crippen LogP contribution in [0.1, 0.15) is 17.3 Å². The van der Waals surface area contributed by atoms with Gasteiger partial charge in [-0.15, -0.1) is 24.8 Å². The molecule has 1 heterocycles. The van der Waals surface area contributed by atoms with E-state index in [-0.39, 0.29) is 42.3 Å². The van der Waals surface area contributed by atoms with Crippen LogP contribution in [0.3, 0.4) is 0 Å². The van der Waals surface area contributed by atoms with Crippen molar-refractivity contribution in [3.05, 3.63) is 29.8 Å². The monoisotopic (exact) mass is 283 g/mol. The fourth-order valence-electron chi connectivity index (χ4n) is 1.10. The zero-order chi connectivity index (χ0) is 11.4. The van der Waals surface area contributed by atoms with Crippen molar-refractivity contribution in [3.8, 4) is 0 Å². The van der Waals surface area contributed by atoms with Gasteiger partial charge in [-0.1, -0.05) is 0 Å². The van der Waals surface area contributed by atoms with Gasteiger partial charge in [0.1, 0.15) is 0 Å². The third kappa shape index (κ3) is 4.46. The SMILES string of the molecule is CC(CN)N(C)C(=O)c1ccncc1F.Cl.Cl. The van der Waals surface area contributed by atoms with E-state index < -0.39 is 5.82 Å². The minimum atomic E-state index is -0.612. The first-order valence-electron chi connectivity index (χ1n) is 4.64. The molecular formula is C10H16Cl2FN3O. The first-order chi connectivity index (χ1) is 7.07. The van der Waals surface area contributed by atoms with E-state index in [2.05, 4.69) is 4.98 Å². The minimum absolute atomic E-state index is 0. The number of halogens is 3. The summed E-state index contributed by atoms with van der Waals surface area (Å²) in [4.78, 5) is 16.8. The lowest BCUT2D eigenvalue weighted by molar-refractivity contribution is 0.0743. The predicted octanol–water partition coefficient (Wildman–Crippen LogP) is 1.48. The van der Waals surface area contributed by atoms with Crippen molar-refractivity contribution < 1.29 is 9.18 Å². The van der Waals surface area contributed by atoms with E-state index in [0.717, 1.165) is 6.20 Å². The molecule has 0 saturated carbocycles. The second kappa shape index (κ2) is 8.22. The molecule has 1 aromatic rings. The van der Waals surface area contributed by atoms with Crippen LogP contribution in [0.2, 0.25) is 0 Å². The number of amides is 1. The third-order valence-electron chi connectivity index (χ3n) is 2.33. The molecule has 0 fully saturated rings. The topological polar surface area (TPSA) is 59.2 Å². The lowest BCUT2D eigenvalue weighted by atomic mass is 10.2. The molecular weight excluding hydrogens is 268 g/mol. The Kier molecular flexibility index (Phi) is 8.92. The Bertz CT molecular complexity index is 365. The quantitative estimate of drug-likeness (QED) is 0.914. The Morgan fingerprint density at radius 2 is 2.18 bits per heavy atom. The van der Waals surface area contributed by atoms with Gasteiger partial charge >= 0.3 is 0 Å². The van der Waals surface area contributed by atoms with Crippen molar-refractivity contribution in [1.29, 1.82) is 0 Å². The molecule has 0 aliphatic rings. The average Bonchev–Trinajstić information content (AvgIpc) is 2.26. The molecule has 0 aliphatic heterocycles. The second-order valence-electron chi connectivity index (χ2n) is 3.36. The van der Waals surface area contributed by atoms with Crippen molar-refractivity contribution in [1.82, 2.24) is 9.88 Å². The third-order valence-corrected chi connectivity index (χ3v) is 2.33. The number of aromatic nitrogens is 1. The normalized spacial score (nSPS) is 10.8.